The third kappa shape index (κ3) is 4.76. The van der Waals surface area contributed by atoms with Crippen molar-refractivity contribution >= 4 is 38.9 Å². The molecular formula is C21H24Cl2N2O3S. The van der Waals surface area contributed by atoms with Gasteiger partial charge in [-0.3, -0.25) is 4.79 Å². The average molecular weight is 455 g/mol. The SMILES string of the molecule is Cc1cc(Cl)c(S(=O)(=O)Cc2cccc(C(=O)N3C(C)CCCC3C)n2)cc1Cl. The van der Waals surface area contributed by atoms with Gasteiger partial charge < -0.3 is 4.90 Å². The molecule has 1 fully saturated rings. The third-order valence-corrected chi connectivity index (χ3v) is 7.86. The maximum atomic E-state index is 13.0. The number of hydrogen-bond donors (Lipinski definition) is 0. The second-order valence-corrected chi connectivity index (χ2v) is 10.4. The van der Waals surface area contributed by atoms with Crippen LogP contribution in [0, 0.1) is 6.92 Å². The number of carbonyl (C=O) groups excluding carboxylic acids is 1. The van der Waals surface area contributed by atoms with Crippen LogP contribution in [-0.4, -0.2) is 36.3 Å². The summed E-state index contributed by atoms with van der Waals surface area (Å²) in [6.07, 6.45) is 3.01. The zero-order chi connectivity index (χ0) is 21.3. The average Bonchev–Trinajstić information content (AvgIpc) is 2.64. The van der Waals surface area contributed by atoms with Gasteiger partial charge in [0.1, 0.15) is 5.69 Å². The van der Waals surface area contributed by atoms with Crippen LogP contribution in [-0.2, 0) is 15.6 Å². The van der Waals surface area contributed by atoms with Crippen molar-refractivity contribution in [1.82, 2.24) is 9.88 Å². The molecule has 1 aromatic heterocycles. The van der Waals surface area contributed by atoms with E-state index in [4.69, 9.17) is 23.2 Å². The van der Waals surface area contributed by atoms with Crippen LogP contribution in [0.4, 0.5) is 0 Å². The molecular weight excluding hydrogens is 431 g/mol. The van der Waals surface area contributed by atoms with Crippen LogP contribution >= 0.6 is 23.2 Å². The molecule has 1 aromatic carbocycles. The maximum absolute atomic E-state index is 13.0. The van der Waals surface area contributed by atoms with Crippen molar-refractivity contribution in [2.45, 2.75) is 62.8 Å². The van der Waals surface area contributed by atoms with Crippen LogP contribution in [0.5, 0.6) is 0 Å². The second-order valence-electron chi connectivity index (χ2n) is 7.65. The van der Waals surface area contributed by atoms with E-state index in [0.717, 1.165) is 19.3 Å². The summed E-state index contributed by atoms with van der Waals surface area (Å²) in [4.78, 5) is 19.2. The number of hydrogen-bond acceptors (Lipinski definition) is 4. The number of sulfone groups is 1. The number of amides is 1. The number of halogens is 2. The highest BCUT2D eigenvalue weighted by Gasteiger charge is 2.30. The molecule has 156 valence electrons. The van der Waals surface area contributed by atoms with Crippen molar-refractivity contribution in [1.29, 1.82) is 0 Å². The largest absolute Gasteiger partial charge is 0.332 e. The number of rotatable bonds is 4. The molecule has 5 nitrogen and oxygen atoms in total. The molecule has 0 bridgehead atoms. The topological polar surface area (TPSA) is 67.3 Å². The molecule has 0 spiro atoms. The summed E-state index contributed by atoms with van der Waals surface area (Å²) in [5.41, 5.74) is 1.25. The Kier molecular flexibility index (Phi) is 6.56. The zero-order valence-corrected chi connectivity index (χ0v) is 19.0. The summed E-state index contributed by atoms with van der Waals surface area (Å²) in [6, 6.07) is 8.05. The van der Waals surface area contributed by atoms with Crippen molar-refractivity contribution in [3.63, 3.8) is 0 Å². The van der Waals surface area contributed by atoms with E-state index in [1.807, 2.05) is 18.7 Å². The molecule has 1 saturated heterocycles. The smallest absolute Gasteiger partial charge is 0.272 e. The summed E-state index contributed by atoms with van der Waals surface area (Å²) in [5, 5.41) is 0.452. The molecule has 1 aliphatic heterocycles. The molecule has 1 amide bonds. The van der Waals surface area contributed by atoms with Gasteiger partial charge >= 0.3 is 0 Å². The Labute approximate surface area is 182 Å². The lowest BCUT2D eigenvalue weighted by Crippen LogP contribution is -2.47. The van der Waals surface area contributed by atoms with Crippen LogP contribution in [0.3, 0.4) is 0 Å². The standard InChI is InChI=1S/C21H24Cl2N2O3S/c1-13-10-18(23)20(11-17(13)22)29(27,28)12-16-8-5-9-19(24-16)21(26)25-14(2)6-4-7-15(25)3/h5,8-11,14-15H,4,6-7,12H2,1-3H3. The molecule has 0 radical (unpaired) electrons. The van der Waals surface area contributed by atoms with Crippen molar-refractivity contribution in [3.8, 4) is 0 Å². The van der Waals surface area contributed by atoms with Crippen LogP contribution in [0.25, 0.3) is 0 Å². The lowest BCUT2D eigenvalue weighted by molar-refractivity contribution is 0.0504. The minimum absolute atomic E-state index is 0.0356. The fourth-order valence-corrected chi connectivity index (χ4v) is 5.93. The third-order valence-electron chi connectivity index (χ3n) is 5.34. The highest BCUT2D eigenvalue weighted by molar-refractivity contribution is 7.90. The van der Waals surface area contributed by atoms with Gasteiger partial charge in [-0.1, -0.05) is 29.3 Å². The predicted octanol–water partition coefficient (Wildman–Crippen LogP) is 5.07. The first-order valence-corrected chi connectivity index (χ1v) is 12.0. The molecule has 0 aliphatic carbocycles. The van der Waals surface area contributed by atoms with E-state index in [-0.39, 0.29) is 39.4 Å². The highest BCUT2D eigenvalue weighted by atomic mass is 35.5. The maximum Gasteiger partial charge on any atom is 0.272 e. The van der Waals surface area contributed by atoms with Gasteiger partial charge in [-0.2, -0.15) is 0 Å². The molecule has 2 atom stereocenters. The van der Waals surface area contributed by atoms with Gasteiger partial charge in [0.05, 0.1) is 21.4 Å². The van der Waals surface area contributed by atoms with Gasteiger partial charge in [-0.25, -0.2) is 13.4 Å². The van der Waals surface area contributed by atoms with Gasteiger partial charge in [-0.15, -0.1) is 0 Å². The lowest BCUT2D eigenvalue weighted by atomic mass is 9.97. The first kappa shape index (κ1) is 22.1. The Balaban J connectivity index is 1.88. The number of benzene rings is 1. The Morgan fingerprint density at radius 3 is 2.45 bits per heavy atom. The lowest BCUT2D eigenvalue weighted by Gasteiger charge is -2.38. The van der Waals surface area contributed by atoms with E-state index < -0.39 is 9.84 Å². The minimum atomic E-state index is -3.78. The molecule has 29 heavy (non-hydrogen) atoms. The Morgan fingerprint density at radius 2 is 1.79 bits per heavy atom. The highest BCUT2D eigenvalue weighted by Crippen LogP contribution is 2.30. The van der Waals surface area contributed by atoms with Crippen LogP contribution in [0.15, 0.2) is 35.2 Å². The summed E-state index contributed by atoms with van der Waals surface area (Å²) in [6.45, 7) is 5.82. The number of nitrogens with zero attached hydrogens (tertiary/aromatic N) is 2. The normalized spacial score (nSPS) is 20.0. The fourth-order valence-electron chi connectivity index (χ4n) is 3.77. The quantitative estimate of drug-likeness (QED) is 0.645. The zero-order valence-electron chi connectivity index (χ0n) is 16.7. The van der Waals surface area contributed by atoms with Crippen molar-refractivity contribution in [3.05, 3.63) is 57.3 Å². The van der Waals surface area contributed by atoms with Crippen LogP contribution in [0.2, 0.25) is 10.0 Å². The van der Waals surface area contributed by atoms with E-state index in [9.17, 15) is 13.2 Å². The van der Waals surface area contributed by atoms with Gasteiger partial charge in [-0.05, 0) is 69.9 Å². The number of pyridine rings is 1. The van der Waals surface area contributed by atoms with E-state index in [2.05, 4.69) is 4.98 Å². The van der Waals surface area contributed by atoms with Gasteiger partial charge in [0, 0.05) is 17.1 Å². The van der Waals surface area contributed by atoms with Crippen molar-refractivity contribution in [2.24, 2.45) is 0 Å². The van der Waals surface area contributed by atoms with Crippen LogP contribution < -0.4 is 0 Å². The monoisotopic (exact) mass is 454 g/mol. The Hall–Kier alpha value is -1.63. The fraction of sp³-hybridized carbons (Fsp3) is 0.429. The summed E-state index contributed by atoms with van der Waals surface area (Å²) in [7, 11) is -3.78. The Morgan fingerprint density at radius 1 is 1.14 bits per heavy atom. The molecule has 2 unspecified atom stereocenters. The summed E-state index contributed by atoms with van der Waals surface area (Å²) in [5.74, 6) is -0.529. The molecule has 2 heterocycles. The summed E-state index contributed by atoms with van der Waals surface area (Å²) >= 11 is 12.2. The van der Waals surface area contributed by atoms with Gasteiger partial charge in [0.2, 0.25) is 0 Å². The van der Waals surface area contributed by atoms with E-state index >= 15 is 0 Å². The van der Waals surface area contributed by atoms with E-state index in [0.29, 0.717) is 16.3 Å². The number of aromatic nitrogens is 1. The molecule has 3 rings (SSSR count). The van der Waals surface area contributed by atoms with Gasteiger partial charge in [0.25, 0.3) is 5.91 Å². The van der Waals surface area contributed by atoms with E-state index in [1.165, 1.54) is 12.1 Å². The molecule has 2 aromatic rings. The van der Waals surface area contributed by atoms with Crippen molar-refractivity contribution < 1.29 is 13.2 Å². The molecule has 0 N–H and O–H groups in total. The number of aryl methyl sites for hydroxylation is 1. The second kappa shape index (κ2) is 8.62. The first-order chi connectivity index (χ1) is 13.6. The predicted molar refractivity (Wildman–Crippen MR) is 115 cm³/mol. The minimum Gasteiger partial charge on any atom is -0.332 e. The van der Waals surface area contributed by atoms with E-state index in [1.54, 1.807) is 25.1 Å². The molecule has 0 saturated carbocycles. The van der Waals surface area contributed by atoms with Crippen LogP contribution in [0.1, 0.15) is 54.9 Å². The van der Waals surface area contributed by atoms with Crippen molar-refractivity contribution in [2.75, 3.05) is 0 Å². The number of carbonyl (C=O) groups is 1. The summed E-state index contributed by atoms with van der Waals surface area (Å²) < 4.78 is 25.8. The molecule has 8 heteroatoms. The number of piperidine rings is 1. The Bertz CT molecular complexity index is 1030. The first-order valence-electron chi connectivity index (χ1n) is 9.57. The van der Waals surface area contributed by atoms with Gasteiger partial charge in [0.15, 0.2) is 9.84 Å². The molecule has 1 aliphatic rings. The number of likely N-dealkylation sites (tertiary alicyclic amines) is 1.